The summed E-state index contributed by atoms with van der Waals surface area (Å²) in [5, 5.41) is 24.0. The van der Waals surface area contributed by atoms with E-state index in [0.29, 0.717) is 0 Å². The molecular weight excluding hydrogens is 86.0 g/mol. The van der Waals surface area contributed by atoms with Crippen molar-refractivity contribution in [3.8, 4) is 0 Å². The van der Waals surface area contributed by atoms with E-state index in [1.54, 1.807) is 0 Å². The van der Waals surface area contributed by atoms with Gasteiger partial charge in [0.1, 0.15) is 6.10 Å². The fourth-order valence-electron chi connectivity index (χ4n) is 0.0577. The molecule has 0 fully saturated rings. The van der Waals surface area contributed by atoms with Gasteiger partial charge in [-0.3, -0.25) is 0 Å². The molecule has 0 spiro atoms. The van der Waals surface area contributed by atoms with E-state index in [1.807, 2.05) is 0 Å². The van der Waals surface area contributed by atoms with Crippen LogP contribution in [0.15, 0.2) is 0 Å². The Morgan fingerprint density at radius 2 is 1.50 bits per heavy atom. The zero-order valence-electron chi connectivity index (χ0n) is 3.33. The molecule has 3 nitrogen and oxygen atoms in total. The highest BCUT2D eigenvalue weighted by Crippen LogP contribution is 1.71. The SMILES string of the molecule is O[13CH2]C(O)[13CH2]O. The quantitative estimate of drug-likeness (QED) is 0.358. The molecule has 0 radical (unpaired) electrons. The minimum Gasteiger partial charge on any atom is -0.394 e. The Labute approximate surface area is 35.9 Å². The molecule has 0 amide bonds. The summed E-state index contributed by atoms with van der Waals surface area (Å²) in [5.41, 5.74) is 0. The summed E-state index contributed by atoms with van der Waals surface area (Å²) < 4.78 is 0. The van der Waals surface area contributed by atoms with Gasteiger partial charge in [0.25, 0.3) is 0 Å². The minimum absolute atomic E-state index is 0.365. The molecule has 0 atom stereocenters. The standard InChI is InChI=1S/C3H8O3/c4-1-3(6)2-5/h3-6H,1-2H2/i1+1,2+1. The second-order valence-corrected chi connectivity index (χ2v) is 1.02. The molecule has 0 rings (SSSR count). The molecule has 0 bridgehead atoms. The maximum atomic E-state index is 8.17. The van der Waals surface area contributed by atoms with Crippen LogP contribution in [0.2, 0.25) is 0 Å². The summed E-state index contributed by atoms with van der Waals surface area (Å²) in [6.45, 7) is -0.729. The van der Waals surface area contributed by atoms with E-state index < -0.39 is 6.10 Å². The third kappa shape index (κ3) is 2.14. The van der Waals surface area contributed by atoms with Gasteiger partial charge in [-0.1, -0.05) is 0 Å². The molecule has 3 heteroatoms. The average molecular weight is 94.1 g/mol. The van der Waals surface area contributed by atoms with Crippen LogP contribution in [0, 0.1) is 0 Å². The molecule has 0 heterocycles. The summed E-state index contributed by atoms with van der Waals surface area (Å²) in [6, 6.07) is 0. The molecule has 38 valence electrons. The molecule has 0 aliphatic rings. The zero-order chi connectivity index (χ0) is 4.99. The number of hydrogen-bond donors (Lipinski definition) is 3. The van der Waals surface area contributed by atoms with Crippen LogP contribution >= 0.6 is 0 Å². The van der Waals surface area contributed by atoms with Crippen LogP contribution in [0.5, 0.6) is 0 Å². The highest BCUT2D eigenvalue weighted by molar-refractivity contribution is 4.43. The summed E-state index contributed by atoms with van der Waals surface area (Å²) >= 11 is 0. The third-order valence-electron chi connectivity index (χ3n) is 0.421. The fraction of sp³-hybridized carbons (Fsp3) is 1.00. The van der Waals surface area contributed by atoms with E-state index in [2.05, 4.69) is 0 Å². The van der Waals surface area contributed by atoms with Crippen molar-refractivity contribution in [3.05, 3.63) is 0 Å². The Balaban J connectivity index is 2.75. The Morgan fingerprint density at radius 1 is 1.17 bits per heavy atom. The monoisotopic (exact) mass is 94.1 g/mol. The first kappa shape index (κ1) is 5.88. The van der Waals surface area contributed by atoms with E-state index in [9.17, 15) is 0 Å². The first-order chi connectivity index (χ1) is 2.81. The summed E-state index contributed by atoms with van der Waals surface area (Å²) in [7, 11) is 0. The van der Waals surface area contributed by atoms with Crippen molar-refractivity contribution < 1.29 is 15.3 Å². The van der Waals surface area contributed by atoms with Gasteiger partial charge in [0.2, 0.25) is 0 Å². The van der Waals surface area contributed by atoms with E-state index in [1.165, 1.54) is 0 Å². The van der Waals surface area contributed by atoms with Gasteiger partial charge >= 0.3 is 0 Å². The predicted octanol–water partition coefficient (Wildman–Crippen LogP) is -1.67. The first-order valence-electron chi connectivity index (χ1n) is 1.71. The topological polar surface area (TPSA) is 60.7 Å². The second-order valence-electron chi connectivity index (χ2n) is 1.02. The van der Waals surface area contributed by atoms with E-state index in [4.69, 9.17) is 15.3 Å². The van der Waals surface area contributed by atoms with Crippen molar-refractivity contribution in [1.29, 1.82) is 0 Å². The minimum atomic E-state index is -0.954. The average Bonchev–Trinajstić information content (AvgIpc) is 1.65. The maximum absolute atomic E-state index is 8.17. The molecule has 3 N–H and O–H groups in total. The fourth-order valence-corrected chi connectivity index (χ4v) is 0.0577. The van der Waals surface area contributed by atoms with Crippen molar-refractivity contribution in [2.45, 2.75) is 6.10 Å². The highest BCUT2D eigenvalue weighted by Gasteiger charge is 1.93. The highest BCUT2D eigenvalue weighted by atomic mass is 16.4. The van der Waals surface area contributed by atoms with Crippen LogP contribution < -0.4 is 0 Å². The molecule has 0 aliphatic heterocycles. The number of rotatable bonds is 2. The number of aliphatic hydroxyl groups is 3. The van der Waals surface area contributed by atoms with E-state index in [-0.39, 0.29) is 13.2 Å². The number of hydrogen-bond acceptors (Lipinski definition) is 3. The van der Waals surface area contributed by atoms with Crippen molar-refractivity contribution >= 4 is 0 Å². The van der Waals surface area contributed by atoms with Gasteiger partial charge in [0.15, 0.2) is 0 Å². The molecular formula is C3H8O3. The summed E-state index contributed by atoms with van der Waals surface area (Å²) in [5.74, 6) is 0. The predicted molar refractivity (Wildman–Crippen MR) is 20.2 cm³/mol. The van der Waals surface area contributed by atoms with Gasteiger partial charge in [-0.25, -0.2) is 0 Å². The van der Waals surface area contributed by atoms with Crippen LogP contribution in [-0.2, 0) is 0 Å². The van der Waals surface area contributed by atoms with Gasteiger partial charge in [-0.2, -0.15) is 0 Å². The van der Waals surface area contributed by atoms with Gasteiger partial charge < -0.3 is 15.3 Å². The van der Waals surface area contributed by atoms with E-state index >= 15 is 0 Å². The van der Waals surface area contributed by atoms with E-state index in [0.717, 1.165) is 0 Å². The smallest absolute Gasteiger partial charge is 0.100 e. The molecule has 0 saturated heterocycles. The lowest BCUT2D eigenvalue weighted by Gasteiger charge is -1.96. The second kappa shape index (κ2) is 3.08. The lowest BCUT2D eigenvalue weighted by Crippen LogP contribution is -2.15. The van der Waals surface area contributed by atoms with Crippen molar-refractivity contribution in [3.63, 3.8) is 0 Å². The Bertz CT molecular complexity index is 25.2. The summed E-state index contributed by atoms with van der Waals surface area (Å²) in [4.78, 5) is 0. The van der Waals surface area contributed by atoms with Crippen molar-refractivity contribution in [2.75, 3.05) is 13.2 Å². The molecule has 0 saturated carbocycles. The zero-order valence-corrected chi connectivity index (χ0v) is 3.33. The Kier molecular flexibility index (Phi) is 3.02. The number of aliphatic hydroxyl groups excluding tert-OH is 3. The molecule has 6 heavy (non-hydrogen) atoms. The first-order valence-corrected chi connectivity index (χ1v) is 1.71. The van der Waals surface area contributed by atoms with Gasteiger partial charge in [0, 0.05) is 0 Å². The van der Waals surface area contributed by atoms with Crippen LogP contribution in [0.25, 0.3) is 0 Å². The third-order valence-corrected chi connectivity index (χ3v) is 0.421. The lowest BCUT2D eigenvalue weighted by atomic mass is 10.8. The van der Waals surface area contributed by atoms with Crippen molar-refractivity contribution in [2.24, 2.45) is 0 Å². The molecule has 0 aromatic carbocycles. The van der Waals surface area contributed by atoms with Crippen LogP contribution in [-0.4, -0.2) is 34.6 Å². The molecule has 0 unspecified atom stereocenters. The lowest BCUT2D eigenvalue weighted by molar-refractivity contribution is 0.0450. The molecule has 0 aromatic heterocycles. The molecule has 0 aliphatic carbocycles. The van der Waals surface area contributed by atoms with Crippen molar-refractivity contribution in [1.82, 2.24) is 0 Å². The van der Waals surface area contributed by atoms with Crippen LogP contribution in [0.1, 0.15) is 0 Å². The summed E-state index contributed by atoms with van der Waals surface area (Å²) in [6.07, 6.45) is -0.954. The van der Waals surface area contributed by atoms with Crippen LogP contribution in [0.3, 0.4) is 0 Å². The van der Waals surface area contributed by atoms with Gasteiger partial charge in [-0.05, 0) is 0 Å². The maximum Gasteiger partial charge on any atom is 0.100 e. The Morgan fingerprint density at radius 3 is 1.50 bits per heavy atom. The molecule has 0 aromatic rings. The van der Waals surface area contributed by atoms with Gasteiger partial charge in [-0.15, -0.1) is 0 Å². The van der Waals surface area contributed by atoms with Crippen LogP contribution in [0.4, 0.5) is 0 Å². The largest absolute Gasteiger partial charge is 0.394 e. The van der Waals surface area contributed by atoms with Gasteiger partial charge in [0.05, 0.1) is 13.2 Å². The normalized spacial score (nSPS) is 10.0. The Hall–Kier alpha value is -0.120.